The zero-order valence-corrected chi connectivity index (χ0v) is 17.3. The van der Waals surface area contributed by atoms with Gasteiger partial charge >= 0.3 is 6.03 Å². The van der Waals surface area contributed by atoms with Crippen LogP contribution in [0.25, 0.3) is 0 Å². The molecule has 160 valence electrons. The zero-order valence-electron chi connectivity index (χ0n) is 17.3. The fraction of sp³-hybridized carbons (Fsp3) is 0.391. The largest absolute Gasteiger partial charge is 0.340 e. The Morgan fingerprint density at radius 3 is 2.60 bits per heavy atom. The molecule has 3 rings (SSSR count). The minimum Gasteiger partial charge on any atom is -0.340 e. The van der Waals surface area contributed by atoms with Crippen LogP contribution in [0.1, 0.15) is 24.8 Å². The van der Waals surface area contributed by atoms with E-state index in [1.54, 1.807) is 30.1 Å². The highest BCUT2D eigenvalue weighted by Crippen LogP contribution is 2.17. The van der Waals surface area contributed by atoms with Gasteiger partial charge < -0.3 is 15.5 Å². The van der Waals surface area contributed by atoms with Crippen molar-refractivity contribution in [3.8, 4) is 0 Å². The molecule has 0 bridgehead atoms. The number of halogens is 1. The Bertz CT molecular complexity index is 846. The van der Waals surface area contributed by atoms with Crippen LogP contribution >= 0.6 is 0 Å². The van der Waals surface area contributed by atoms with Crippen LogP contribution in [0.5, 0.6) is 0 Å². The van der Waals surface area contributed by atoms with Gasteiger partial charge in [0.05, 0.1) is 6.54 Å². The predicted molar refractivity (Wildman–Crippen MR) is 116 cm³/mol. The molecule has 2 aromatic carbocycles. The molecule has 30 heavy (non-hydrogen) atoms. The number of nitrogens with one attached hydrogen (secondary N) is 2. The van der Waals surface area contributed by atoms with Gasteiger partial charge in [0.25, 0.3) is 0 Å². The number of nitrogens with zero attached hydrogens (tertiary/aromatic N) is 2. The van der Waals surface area contributed by atoms with Crippen molar-refractivity contribution in [2.75, 3.05) is 32.0 Å². The van der Waals surface area contributed by atoms with E-state index in [0.717, 1.165) is 31.5 Å². The number of anilines is 1. The average molecular weight is 413 g/mol. The maximum Gasteiger partial charge on any atom is 0.319 e. The molecule has 1 heterocycles. The molecule has 1 aliphatic heterocycles. The number of likely N-dealkylation sites (N-methyl/N-ethyl adjacent to an activating group) is 1. The Morgan fingerprint density at radius 2 is 1.83 bits per heavy atom. The smallest absolute Gasteiger partial charge is 0.319 e. The molecule has 6 nitrogen and oxygen atoms in total. The van der Waals surface area contributed by atoms with Crippen molar-refractivity contribution in [1.82, 2.24) is 15.1 Å². The Labute approximate surface area is 177 Å². The third-order valence-corrected chi connectivity index (χ3v) is 5.41. The van der Waals surface area contributed by atoms with Crippen molar-refractivity contribution in [3.63, 3.8) is 0 Å². The molecule has 3 amide bonds. The normalized spacial score (nSPS) is 16.7. The molecule has 0 saturated carbocycles. The molecule has 0 aromatic heterocycles. The SMILES string of the molecule is CN(Cc1ccccc1F)C(=O)CN1CCCCC1CNC(=O)Nc1ccccc1. The number of rotatable bonds is 7. The molecule has 1 aliphatic rings. The van der Waals surface area contributed by atoms with Gasteiger partial charge in [-0.05, 0) is 37.6 Å². The number of amides is 3. The highest BCUT2D eigenvalue weighted by atomic mass is 19.1. The third-order valence-electron chi connectivity index (χ3n) is 5.41. The number of hydrogen-bond donors (Lipinski definition) is 2. The molecule has 2 N–H and O–H groups in total. The number of carbonyl (C=O) groups excluding carboxylic acids is 2. The second kappa shape index (κ2) is 10.7. The molecule has 0 radical (unpaired) electrons. The Balaban J connectivity index is 1.50. The van der Waals surface area contributed by atoms with E-state index in [1.165, 1.54) is 6.07 Å². The third kappa shape index (κ3) is 6.29. The summed E-state index contributed by atoms with van der Waals surface area (Å²) in [6.45, 7) is 1.79. The summed E-state index contributed by atoms with van der Waals surface area (Å²) in [7, 11) is 1.69. The van der Waals surface area contributed by atoms with Crippen LogP contribution in [-0.4, -0.2) is 54.5 Å². The first kappa shape index (κ1) is 21.8. The van der Waals surface area contributed by atoms with Crippen LogP contribution in [0, 0.1) is 5.82 Å². The van der Waals surface area contributed by atoms with E-state index in [1.807, 2.05) is 30.3 Å². The number of benzene rings is 2. The van der Waals surface area contributed by atoms with Crippen LogP contribution in [-0.2, 0) is 11.3 Å². The second-order valence-corrected chi connectivity index (χ2v) is 7.66. The fourth-order valence-corrected chi connectivity index (χ4v) is 3.67. The van der Waals surface area contributed by atoms with E-state index in [0.29, 0.717) is 12.1 Å². The minimum atomic E-state index is -0.304. The lowest BCUT2D eigenvalue weighted by Crippen LogP contribution is -2.50. The summed E-state index contributed by atoms with van der Waals surface area (Å²) in [5.41, 5.74) is 1.24. The van der Waals surface area contributed by atoms with Crippen molar-refractivity contribution in [2.45, 2.75) is 31.8 Å². The van der Waals surface area contributed by atoms with E-state index in [9.17, 15) is 14.0 Å². The number of likely N-dealkylation sites (tertiary alicyclic amines) is 1. The van der Waals surface area contributed by atoms with Crippen LogP contribution in [0.15, 0.2) is 54.6 Å². The van der Waals surface area contributed by atoms with Gasteiger partial charge in [-0.3, -0.25) is 9.69 Å². The molecule has 1 unspecified atom stereocenters. The van der Waals surface area contributed by atoms with Crippen molar-refractivity contribution in [1.29, 1.82) is 0 Å². The first-order valence-corrected chi connectivity index (χ1v) is 10.3. The van der Waals surface area contributed by atoms with E-state index in [-0.39, 0.29) is 36.9 Å². The summed E-state index contributed by atoms with van der Waals surface area (Å²) in [5.74, 6) is -0.361. The Kier molecular flexibility index (Phi) is 7.79. The topological polar surface area (TPSA) is 64.7 Å². The lowest BCUT2D eigenvalue weighted by Gasteiger charge is -2.36. The molecular weight excluding hydrogens is 383 g/mol. The van der Waals surface area contributed by atoms with Gasteiger partial charge in [-0.1, -0.05) is 42.8 Å². The first-order chi connectivity index (χ1) is 14.5. The summed E-state index contributed by atoms with van der Waals surface area (Å²) in [4.78, 5) is 28.6. The maximum absolute atomic E-state index is 13.9. The number of hydrogen-bond acceptors (Lipinski definition) is 3. The van der Waals surface area contributed by atoms with Crippen molar-refractivity contribution in [2.24, 2.45) is 0 Å². The lowest BCUT2D eigenvalue weighted by atomic mass is 10.0. The maximum atomic E-state index is 13.9. The molecule has 1 atom stereocenters. The quantitative estimate of drug-likeness (QED) is 0.732. The summed E-state index contributed by atoms with van der Waals surface area (Å²) >= 11 is 0. The van der Waals surface area contributed by atoms with Gasteiger partial charge in [0, 0.05) is 37.4 Å². The summed E-state index contributed by atoms with van der Waals surface area (Å²) < 4.78 is 13.9. The van der Waals surface area contributed by atoms with E-state index < -0.39 is 0 Å². The lowest BCUT2D eigenvalue weighted by molar-refractivity contribution is -0.132. The fourth-order valence-electron chi connectivity index (χ4n) is 3.67. The molecule has 2 aromatic rings. The van der Waals surface area contributed by atoms with E-state index in [4.69, 9.17) is 0 Å². The number of piperidine rings is 1. The summed E-state index contributed by atoms with van der Waals surface area (Å²) in [5, 5.41) is 5.72. The highest BCUT2D eigenvalue weighted by Gasteiger charge is 2.26. The van der Waals surface area contributed by atoms with Gasteiger partial charge in [0.1, 0.15) is 5.82 Å². The molecule has 1 saturated heterocycles. The van der Waals surface area contributed by atoms with Crippen LogP contribution in [0.4, 0.5) is 14.9 Å². The Morgan fingerprint density at radius 1 is 1.10 bits per heavy atom. The van der Waals surface area contributed by atoms with Gasteiger partial charge in [0.2, 0.25) is 5.91 Å². The van der Waals surface area contributed by atoms with Crippen LogP contribution < -0.4 is 10.6 Å². The molecular formula is C23H29FN4O2. The second-order valence-electron chi connectivity index (χ2n) is 7.66. The van der Waals surface area contributed by atoms with Gasteiger partial charge in [-0.15, -0.1) is 0 Å². The monoisotopic (exact) mass is 412 g/mol. The molecule has 0 spiro atoms. The summed E-state index contributed by atoms with van der Waals surface area (Å²) in [6.07, 6.45) is 3.02. The molecule has 7 heteroatoms. The predicted octanol–water partition coefficient (Wildman–Crippen LogP) is 3.46. The summed E-state index contributed by atoms with van der Waals surface area (Å²) in [6, 6.07) is 15.6. The van der Waals surface area contributed by atoms with Crippen LogP contribution in [0.2, 0.25) is 0 Å². The van der Waals surface area contributed by atoms with Gasteiger partial charge in [0.15, 0.2) is 0 Å². The van der Waals surface area contributed by atoms with E-state index >= 15 is 0 Å². The van der Waals surface area contributed by atoms with Crippen LogP contribution in [0.3, 0.4) is 0 Å². The number of urea groups is 1. The minimum absolute atomic E-state index is 0.0566. The first-order valence-electron chi connectivity index (χ1n) is 10.3. The Hall–Kier alpha value is -2.93. The van der Waals surface area contributed by atoms with Gasteiger partial charge in [-0.2, -0.15) is 0 Å². The van der Waals surface area contributed by atoms with Crippen molar-refractivity contribution < 1.29 is 14.0 Å². The zero-order chi connectivity index (χ0) is 21.3. The van der Waals surface area contributed by atoms with Crippen molar-refractivity contribution in [3.05, 3.63) is 66.0 Å². The van der Waals surface area contributed by atoms with Gasteiger partial charge in [-0.25, -0.2) is 9.18 Å². The average Bonchev–Trinajstić information content (AvgIpc) is 2.75. The standard InChI is InChI=1S/C23H29FN4O2/c1-27(16-18-9-5-6-13-21(18)24)22(29)17-28-14-8-7-12-20(28)15-25-23(30)26-19-10-3-2-4-11-19/h2-6,9-11,13,20H,7-8,12,14-17H2,1H3,(H2,25,26,30). The van der Waals surface area contributed by atoms with E-state index in [2.05, 4.69) is 15.5 Å². The van der Waals surface area contributed by atoms with Crippen molar-refractivity contribution >= 4 is 17.6 Å². The number of carbonyl (C=O) groups is 2. The molecule has 0 aliphatic carbocycles. The molecule has 1 fully saturated rings. The number of para-hydroxylation sites is 1. The highest BCUT2D eigenvalue weighted by molar-refractivity contribution is 5.89.